The Morgan fingerprint density at radius 2 is 1.76 bits per heavy atom. The van der Waals surface area contributed by atoms with Crippen molar-refractivity contribution in [2.45, 2.75) is 25.7 Å². The summed E-state index contributed by atoms with van der Waals surface area (Å²) in [5, 5.41) is 21.1. The Morgan fingerprint density at radius 1 is 1.05 bits per heavy atom. The summed E-state index contributed by atoms with van der Waals surface area (Å²) in [6.45, 7) is 1.75. The molecule has 3 aromatic rings. The summed E-state index contributed by atoms with van der Waals surface area (Å²) < 4.78 is 45.2. The summed E-state index contributed by atoms with van der Waals surface area (Å²) in [6.07, 6.45) is -4.59. The number of carbonyl (C=O) groups excluding carboxylic acids is 2. The third-order valence-electron chi connectivity index (χ3n) is 5.86. The molecule has 0 aliphatic carbocycles. The van der Waals surface area contributed by atoms with Gasteiger partial charge in [-0.2, -0.15) is 13.2 Å². The monoisotopic (exact) mass is 531 g/mol. The maximum absolute atomic E-state index is 13.3. The van der Waals surface area contributed by atoms with Crippen molar-refractivity contribution in [1.29, 1.82) is 0 Å². The normalized spacial score (nSPS) is 17.3. The maximum atomic E-state index is 13.3. The number of Topliss-reactive ketones (excluding diaryl/α,β-unsaturated/α-hetero) is 1. The van der Waals surface area contributed by atoms with Crippen LogP contribution in [0.5, 0.6) is 11.5 Å². The molecule has 10 heteroatoms. The number of phenols is 1. The highest BCUT2D eigenvalue weighted by Crippen LogP contribution is 2.42. The van der Waals surface area contributed by atoms with Gasteiger partial charge in [0.05, 0.1) is 28.8 Å². The Labute approximate surface area is 215 Å². The zero-order valence-corrected chi connectivity index (χ0v) is 20.2. The van der Waals surface area contributed by atoms with Gasteiger partial charge in [0, 0.05) is 12.1 Å². The zero-order chi connectivity index (χ0) is 26.9. The first kappa shape index (κ1) is 26.1. The summed E-state index contributed by atoms with van der Waals surface area (Å²) in [5.74, 6) is -2.30. The summed E-state index contributed by atoms with van der Waals surface area (Å²) >= 11 is 6.30. The lowest BCUT2D eigenvalue weighted by Crippen LogP contribution is -2.29. The number of nitrogens with zero attached hydrogens (tertiary/aromatic N) is 1. The van der Waals surface area contributed by atoms with E-state index in [-0.39, 0.29) is 34.0 Å². The van der Waals surface area contributed by atoms with Gasteiger partial charge in [0.15, 0.2) is 0 Å². The Morgan fingerprint density at radius 3 is 2.41 bits per heavy atom. The fourth-order valence-corrected chi connectivity index (χ4v) is 4.38. The van der Waals surface area contributed by atoms with E-state index in [1.165, 1.54) is 48.5 Å². The quantitative estimate of drug-likeness (QED) is 0.228. The van der Waals surface area contributed by atoms with E-state index < -0.39 is 35.2 Å². The molecule has 1 atom stereocenters. The first-order valence-electron chi connectivity index (χ1n) is 11.2. The standard InChI is InChI=1S/C27H21ClF3NO5/c1-2-37-19-10-11-21(28)20(13-19)24(34)22-23(16-6-8-18(33)9-7-16)32(26(36)25(22)35)14-15-4-3-5-17(12-15)27(29,30)31/h3-13,23,33-34H,2,14H2,1H3/b24-22+. The molecule has 0 aromatic heterocycles. The minimum Gasteiger partial charge on any atom is -0.508 e. The van der Waals surface area contributed by atoms with Crippen molar-refractivity contribution >= 4 is 29.1 Å². The SMILES string of the molecule is CCOc1ccc(Cl)c(/C(O)=C2\C(=O)C(=O)N(Cc3cccc(C(F)(F)F)c3)C2c2ccc(O)cc2)c1. The maximum Gasteiger partial charge on any atom is 0.416 e. The van der Waals surface area contributed by atoms with Gasteiger partial charge in [-0.15, -0.1) is 0 Å². The van der Waals surface area contributed by atoms with Crippen molar-refractivity contribution in [3.05, 3.63) is 99.6 Å². The van der Waals surface area contributed by atoms with E-state index in [0.29, 0.717) is 17.9 Å². The van der Waals surface area contributed by atoms with Crippen molar-refractivity contribution in [2.24, 2.45) is 0 Å². The van der Waals surface area contributed by atoms with Gasteiger partial charge in [0.25, 0.3) is 11.7 Å². The predicted molar refractivity (Wildman–Crippen MR) is 130 cm³/mol. The summed E-state index contributed by atoms with van der Waals surface area (Å²) in [6, 6.07) is 13.3. The summed E-state index contributed by atoms with van der Waals surface area (Å²) in [7, 11) is 0. The van der Waals surface area contributed by atoms with Crippen molar-refractivity contribution in [1.82, 2.24) is 4.90 Å². The molecule has 1 unspecified atom stereocenters. The van der Waals surface area contributed by atoms with Gasteiger partial charge in [-0.05, 0) is 60.5 Å². The number of phenolic OH excluding ortho intramolecular Hbond substituents is 1. The van der Waals surface area contributed by atoms with Gasteiger partial charge < -0.3 is 19.8 Å². The number of rotatable bonds is 6. The van der Waals surface area contributed by atoms with E-state index in [1.807, 2.05) is 0 Å². The number of likely N-dealkylation sites (tertiary alicyclic amines) is 1. The first-order valence-corrected chi connectivity index (χ1v) is 11.5. The molecule has 0 spiro atoms. The van der Waals surface area contributed by atoms with Crippen LogP contribution in [0.1, 0.15) is 35.2 Å². The lowest BCUT2D eigenvalue weighted by atomic mass is 9.95. The van der Waals surface area contributed by atoms with Crippen LogP contribution in [0.15, 0.2) is 72.3 Å². The Kier molecular flexibility index (Phi) is 7.18. The second-order valence-corrected chi connectivity index (χ2v) is 8.70. The number of ketones is 1. The minimum absolute atomic E-state index is 0.0495. The molecular formula is C27H21ClF3NO5. The van der Waals surface area contributed by atoms with Crippen LogP contribution in [0.2, 0.25) is 5.02 Å². The highest BCUT2D eigenvalue weighted by atomic mass is 35.5. The highest BCUT2D eigenvalue weighted by Gasteiger charge is 2.46. The topological polar surface area (TPSA) is 87.1 Å². The average Bonchev–Trinajstić information content (AvgIpc) is 3.10. The molecular weight excluding hydrogens is 511 g/mol. The third kappa shape index (κ3) is 5.27. The van der Waals surface area contributed by atoms with Crippen molar-refractivity contribution in [3.63, 3.8) is 0 Å². The van der Waals surface area contributed by atoms with Crippen LogP contribution < -0.4 is 4.74 Å². The molecule has 1 fully saturated rings. The second-order valence-electron chi connectivity index (χ2n) is 8.29. The predicted octanol–water partition coefficient (Wildman–Crippen LogP) is 6.09. The van der Waals surface area contributed by atoms with Crippen LogP contribution >= 0.6 is 11.6 Å². The van der Waals surface area contributed by atoms with E-state index in [4.69, 9.17) is 16.3 Å². The van der Waals surface area contributed by atoms with Gasteiger partial charge in [0.2, 0.25) is 0 Å². The fraction of sp³-hybridized carbons (Fsp3) is 0.185. The number of amides is 1. The molecule has 192 valence electrons. The van der Waals surface area contributed by atoms with Crippen LogP contribution in [0, 0.1) is 0 Å². The van der Waals surface area contributed by atoms with E-state index in [1.54, 1.807) is 13.0 Å². The van der Waals surface area contributed by atoms with E-state index >= 15 is 0 Å². The number of alkyl halides is 3. The number of benzene rings is 3. The average molecular weight is 532 g/mol. The largest absolute Gasteiger partial charge is 0.508 e. The minimum atomic E-state index is -4.59. The van der Waals surface area contributed by atoms with Crippen LogP contribution in [0.3, 0.4) is 0 Å². The van der Waals surface area contributed by atoms with Gasteiger partial charge in [-0.1, -0.05) is 35.9 Å². The second kappa shape index (κ2) is 10.2. The van der Waals surface area contributed by atoms with Gasteiger partial charge in [0.1, 0.15) is 17.3 Å². The van der Waals surface area contributed by atoms with Gasteiger partial charge in [-0.3, -0.25) is 9.59 Å². The van der Waals surface area contributed by atoms with Crippen LogP contribution in [-0.4, -0.2) is 33.4 Å². The Balaban J connectivity index is 1.86. The molecule has 1 aliphatic heterocycles. The van der Waals surface area contributed by atoms with Crippen LogP contribution in [-0.2, 0) is 22.3 Å². The lowest BCUT2D eigenvalue weighted by molar-refractivity contribution is -0.140. The van der Waals surface area contributed by atoms with E-state index in [2.05, 4.69) is 0 Å². The smallest absolute Gasteiger partial charge is 0.416 e. The van der Waals surface area contributed by atoms with Gasteiger partial charge >= 0.3 is 6.18 Å². The first-order chi connectivity index (χ1) is 17.5. The number of halogens is 4. The fourth-order valence-electron chi connectivity index (χ4n) is 4.18. The summed E-state index contributed by atoms with van der Waals surface area (Å²) in [4.78, 5) is 27.4. The molecule has 1 amide bonds. The molecule has 1 saturated heterocycles. The molecule has 1 heterocycles. The van der Waals surface area contributed by atoms with E-state index in [0.717, 1.165) is 17.0 Å². The number of carbonyl (C=O) groups is 2. The molecule has 2 N–H and O–H groups in total. The number of ether oxygens (including phenoxy) is 1. The lowest BCUT2D eigenvalue weighted by Gasteiger charge is -2.26. The number of aliphatic hydroxyl groups excluding tert-OH is 1. The molecule has 4 rings (SSSR count). The molecule has 0 bridgehead atoms. The Bertz CT molecular complexity index is 1390. The molecule has 1 aliphatic rings. The van der Waals surface area contributed by atoms with E-state index in [9.17, 15) is 33.0 Å². The highest BCUT2D eigenvalue weighted by molar-refractivity contribution is 6.47. The molecule has 0 radical (unpaired) electrons. The third-order valence-corrected chi connectivity index (χ3v) is 6.19. The molecule has 3 aromatic carbocycles. The molecule has 37 heavy (non-hydrogen) atoms. The van der Waals surface area contributed by atoms with Crippen molar-refractivity contribution < 1.29 is 37.7 Å². The van der Waals surface area contributed by atoms with Crippen molar-refractivity contribution in [3.8, 4) is 11.5 Å². The van der Waals surface area contributed by atoms with Crippen molar-refractivity contribution in [2.75, 3.05) is 6.61 Å². The number of aromatic hydroxyl groups is 1. The van der Waals surface area contributed by atoms with Crippen LogP contribution in [0.4, 0.5) is 13.2 Å². The number of hydrogen-bond acceptors (Lipinski definition) is 5. The zero-order valence-electron chi connectivity index (χ0n) is 19.4. The number of hydrogen-bond donors (Lipinski definition) is 2. The van der Waals surface area contributed by atoms with Gasteiger partial charge in [-0.25, -0.2) is 0 Å². The van der Waals surface area contributed by atoms with Crippen LogP contribution in [0.25, 0.3) is 5.76 Å². The molecule has 0 saturated carbocycles. The Hall–Kier alpha value is -3.98. The molecule has 6 nitrogen and oxygen atoms in total. The summed E-state index contributed by atoms with van der Waals surface area (Å²) in [5.41, 5.74) is -0.659. The number of aliphatic hydroxyl groups is 1.